The molecule has 0 bridgehead atoms. The Balaban J connectivity index is 2.55. The Hall–Kier alpha value is -0.620. The van der Waals surface area contributed by atoms with Crippen molar-refractivity contribution in [2.24, 2.45) is 4.99 Å². The van der Waals surface area contributed by atoms with Gasteiger partial charge in [0.25, 0.3) is 10.1 Å². The van der Waals surface area contributed by atoms with Gasteiger partial charge in [0.1, 0.15) is 12.1 Å². The summed E-state index contributed by atoms with van der Waals surface area (Å²) in [5.41, 5.74) is -0.562. The van der Waals surface area contributed by atoms with Crippen molar-refractivity contribution in [3.8, 4) is 0 Å². The summed E-state index contributed by atoms with van der Waals surface area (Å²) in [5.74, 6) is 0.569. The molecule has 1 unspecified atom stereocenters. The van der Waals surface area contributed by atoms with Gasteiger partial charge in [0.05, 0.1) is 12.9 Å². The minimum Gasteiger partial charge on any atom is -0.479 e. The summed E-state index contributed by atoms with van der Waals surface area (Å²) in [4.78, 5) is 4.13. The molecule has 5 nitrogen and oxygen atoms in total. The lowest BCUT2D eigenvalue weighted by molar-refractivity contribution is 0.189. The highest BCUT2D eigenvalue weighted by molar-refractivity contribution is 7.85. The van der Waals surface area contributed by atoms with Crippen molar-refractivity contribution in [2.45, 2.75) is 19.4 Å². The summed E-state index contributed by atoms with van der Waals surface area (Å²) in [7, 11) is -3.39. The first-order valence-corrected chi connectivity index (χ1v) is 5.66. The predicted octanol–water partition coefficient (Wildman–Crippen LogP) is 0.170. The number of hydrogen-bond donors (Lipinski definition) is 0. The molecule has 0 aromatic heterocycles. The summed E-state index contributed by atoms with van der Waals surface area (Å²) in [5, 5.41) is 0. The van der Waals surface area contributed by atoms with E-state index in [9.17, 15) is 8.42 Å². The second-order valence-corrected chi connectivity index (χ2v) is 5.03. The highest BCUT2D eigenvalue weighted by Gasteiger charge is 2.31. The molecule has 0 radical (unpaired) electrons. The summed E-state index contributed by atoms with van der Waals surface area (Å²) in [6.45, 7) is 3.91. The van der Waals surface area contributed by atoms with Crippen LogP contribution in [0.5, 0.6) is 0 Å². The zero-order chi connectivity index (χ0) is 10.1. The first kappa shape index (κ1) is 10.5. The average molecular weight is 207 g/mol. The Bertz CT molecular complexity index is 321. The van der Waals surface area contributed by atoms with Gasteiger partial charge in [-0.15, -0.1) is 0 Å². The summed E-state index contributed by atoms with van der Waals surface area (Å²) in [6, 6.07) is 0. The topological polar surface area (TPSA) is 65.0 Å². The third kappa shape index (κ3) is 3.31. The van der Waals surface area contributed by atoms with Crippen molar-refractivity contribution in [1.82, 2.24) is 0 Å². The van der Waals surface area contributed by atoms with E-state index in [-0.39, 0.29) is 6.61 Å². The number of rotatable bonds is 3. The van der Waals surface area contributed by atoms with Crippen LogP contribution in [0.1, 0.15) is 13.8 Å². The van der Waals surface area contributed by atoms with Crippen LogP contribution >= 0.6 is 0 Å². The molecule has 0 N–H and O–H groups in total. The van der Waals surface area contributed by atoms with Crippen molar-refractivity contribution >= 4 is 16.0 Å². The molecule has 1 atom stereocenters. The number of ether oxygens (including phenoxy) is 1. The molecule has 13 heavy (non-hydrogen) atoms. The van der Waals surface area contributed by atoms with E-state index >= 15 is 0 Å². The molecular formula is C7H13NO4S. The van der Waals surface area contributed by atoms with E-state index in [2.05, 4.69) is 9.18 Å². The largest absolute Gasteiger partial charge is 0.479 e. The highest BCUT2D eigenvalue weighted by atomic mass is 32.2. The summed E-state index contributed by atoms with van der Waals surface area (Å²) < 4.78 is 31.2. The van der Waals surface area contributed by atoms with Crippen molar-refractivity contribution in [1.29, 1.82) is 0 Å². The zero-order valence-electron chi connectivity index (χ0n) is 7.90. The van der Waals surface area contributed by atoms with Gasteiger partial charge in [-0.2, -0.15) is 8.42 Å². The molecule has 0 aliphatic carbocycles. The minimum absolute atomic E-state index is 0.0309. The van der Waals surface area contributed by atoms with Gasteiger partial charge in [0.15, 0.2) is 5.90 Å². The van der Waals surface area contributed by atoms with E-state index in [1.165, 1.54) is 0 Å². The van der Waals surface area contributed by atoms with Gasteiger partial charge in [-0.1, -0.05) is 0 Å². The first-order chi connectivity index (χ1) is 5.81. The molecule has 0 amide bonds. The van der Waals surface area contributed by atoms with E-state index in [1.54, 1.807) is 13.8 Å². The van der Waals surface area contributed by atoms with Gasteiger partial charge in [-0.3, -0.25) is 4.18 Å². The molecule has 1 aliphatic heterocycles. The van der Waals surface area contributed by atoms with Crippen LogP contribution in [-0.4, -0.2) is 39.3 Å². The summed E-state index contributed by atoms with van der Waals surface area (Å²) >= 11 is 0. The normalized spacial score (nSPS) is 28.4. The molecule has 0 aromatic carbocycles. The van der Waals surface area contributed by atoms with Gasteiger partial charge < -0.3 is 4.74 Å². The van der Waals surface area contributed by atoms with Crippen molar-refractivity contribution in [3.05, 3.63) is 0 Å². The standard InChI is InChI=1S/C7H13NO4S/c1-6-8-7(2,4-11-6)5-12-13(3,9)10/h4-5H2,1-3H3. The van der Waals surface area contributed by atoms with Crippen LogP contribution in [0.15, 0.2) is 4.99 Å². The third-order valence-corrected chi connectivity index (χ3v) is 2.15. The molecule has 0 saturated carbocycles. The second kappa shape index (κ2) is 3.26. The van der Waals surface area contributed by atoms with Gasteiger partial charge in [0, 0.05) is 6.92 Å². The molecule has 76 valence electrons. The fraction of sp³-hybridized carbons (Fsp3) is 0.857. The molecule has 0 saturated heterocycles. The second-order valence-electron chi connectivity index (χ2n) is 3.38. The molecule has 1 rings (SSSR count). The fourth-order valence-corrected chi connectivity index (χ4v) is 1.48. The molecule has 1 heterocycles. The maximum Gasteiger partial charge on any atom is 0.264 e. The van der Waals surface area contributed by atoms with Crippen LogP contribution in [0.4, 0.5) is 0 Å². The third-order valence-electron chi connectivity index (χ3n) is 1.60. The lowest BCUT2D eigenvalue weighted by Gasteiger charge is -2.16. The molecule has 0 aromatic rings. The Kier molecular flexibility index (Phi) is 2.63. The van der Waals surface area contributed by atoms with E-state index < -0.39 is 15.7 Å². The maximum atomic E-state index is 10.7. The van der Waals surface area contributed by atoms with E-state index in [4.69, 9.17) is 4.74 Å². The molecule has 6 heteroatoms. The van der Waals surface area contributed by atoms with E-state index in [1.807, 2.05) is 0 Å². The Morgan fingerprint density at radius 2 is 2.31 bits per heavy atom. The van der Waals surface area contributed by atoms with Gasteiger partial charge in [-0.25, -0.2) is 4.99 Å². The van der Waals surface area contributed by atoms with Crippen LogP contribution in [0, 0.1) is 0 Å². The quantitative estimate of drug-likeness (QED) is 0.619. The van der Waals surface area contributed by atoms with Gasteiger partial charge in [0.2, 0.25) is 0 Å². The number of nitrogens with zero attached hydrogens (tertiary/aromatic N) is 1. The van der Waals surface area contributed by atoms with E-state index in [0.717, 1.165) is 6.26 Å². The van der Waals surface area contributed by atoms with Crippen molar-refractivity contribution in [2.75, 3.05) is 19.5 Å². The Labute approximate surface area is 77.9 Å². The van der Waals surface area contributed by atoms with Crippen LogP contribution in [0.3, 0.4) is 0 Å². The van der Waals surface area contributed by atoms with Crippen molar-refractivity contribution in [3.63, 3.8) is 0 Å². The molecule has 0 fully saturated rings. The van der Waals surface area contributed by atoms with Crippen LogP contribution in [0.25, 0.3) is 0 Å². The lowest BCUT2D eigenvalue weighted by atomic mass is 10.1. The fourth-order valence-electron chi connectivity index (χ4n) is 1.01. The van der Waals surface area contributed by atoms with Crippen molar-refractivity contribution < 1.29 is 17.3 Å². The SMILES string of the molecule is CC1=NC(C)(COS(C)(=O)=O)CO1. The predicted molar refractivity (Wildman–Crippen MR) is 48.3 cm³/mol. The van der Waals surface area contributed by atoms with Gasteiger partial charge >= 0.3 is 0 Å². The Morgan fingerprint density at radius 3 is 2.69 bits per heavy atom. The van der Waals surface area contributed by atoms with Gasteiger partial charge in [-0.05, 0) is 6.92 Å². The molecular weight excluding hydrogens is 194 g/mol. The van der Waals surface area contributed by atoms with E-state index in [0.29, 0.717) is 12.5 Å². The van der Waals surface area contributed by atoms with Crippen LogP contribution < -0.4 is 0 Å². The number of hydrogen-bond acceptors (Lipinski definition) is 5. The monoisotopic (exact) mass is 207 g/mol. The Morgan fingerprint density at radius 1 is 1.69 bits per heavy atom. The van der Waals surface area contributed by atoms with Crippen LogP contribution in [0.2, 0.25) is 0 Å². The van der Waals surface area contributed by atoms with Crippen LogP contribution in [-0.2, 0) is 19.0 Å². The zero-order valence-corrected chi connectivity index (χ0v) is 8.72. The number of aliphatic imine (C=N–C) groups is 1. The smallest absolute Gasteiger partial charge is 0.264 e. The lowest BCUT2D eigenvalue weighted by Crippen LogP contribution is -2.31. The molecule has 0 spiro atoms. The minimum atomic E-state index is -3.39. The highest BCUT2D eigenvalue weighted by Crippen LogP contribution is 2.18. The molecule has 1 aliphatic rings. The first-order valence-electron chi connectivity index (χ1n) is 3.84. The average Bonchev–Trinajstić information content (AvgIpc) is 2.27. The summed E-state index contributed by atoms with van der Waals surface area (Å²) in [6.07, 6.45) is 1.02. The maximum absolute atomic E-state index is 10.7.